The van der Waals surface area contributed by atoms with E-state index in [1.165, 1.54) is 0 Å². The van der Waals surface area contributed by atoms with Crippen molar-refractivity contribution >= 4 is 0 Å². The normalized spacial score (nSPS) is 10.0. The average molecular weight is 155 g/mol. The zero-order valence-corrected chi connectivity index (χ0v) is 7.22. The van der Waals surface area contributed by atoms with Gasteiger partial charge in [-0.1, -0.05) is 5.92 Å². The van der Waals surface area contributed by atoms with Gasteiger partial charge in [-0.3, -0.25) is 0 Å². The highest BCUT2D eigenvalue weighted by atomic mass is 16.5. The lowest BCUT2D eigenvalue weighted by Crippen LogP contribution is -2.09. The monoisotopic (exact) mass is 155 g/mol. The van der Waals surface area contributed by atoms with Gasteiger partial charge in [-0.2, -0.15) is 0 Å². The first-order valence-electron chi connectivity index (χ1n) is 3.86. The van der Waals surface area contributed by atoms with E-state index in [-0.39, 0.29) is 6.10 Å². The van der Waals surface area contributed by atoms with Crippen molar-refractivity contribution in [3.05, 3.63) is 6.42 Å². The van der Waals surface area contributed by atoms with Crippen LogP contribution in [0.5, 0.6) is 0 Å². The Morgan fingerprint density at radius 3 is 2.55 bits per heavy atom. The van der Waals surface area contributed by atoms with Gasteiger partial charge in [-0.15, -0.1) is 0 Å². The summed E-state index contributed by atoms with van der Waals surface area (Å²) < 4.78 is 10.3. The minimum absolute atomic E-state index is 0.271. The molecule has 0 atom stereocenters. The van der Waals surface area contributed by atoms with Crippen LogP contribution in [-0.4, -0.2) is 25.9 Å². The highest BCUT2D eigenvalue weighted by Gasteiger charge is 1.91. The predicted octanol–water partition coefficient (Wildman–Crippen LogP) is 1.41. The van der Waals surface area contributed by atoms with Crippen LogP contribution in [0.3, 0.4) is 0 Å². The fraction of sp³-hybridized carbons (Fsp3) is 0.778. The first-order chi connectivity index (χ1) is 5.27. The Morgan fingerprint density at radius 1 is 1.27 bits per heavy atom. The van der Waals surface area contributed by atoms with Crippen LogP contribution in [0, 0.1) is 12.3 Å². The van der Waals surface area contributed by atoms with Crippen LogP contribution in [0.25, 0.3) is 0 Å². The van der Waals surface area contributed by atoms with E-state index in [1.54, 1.807) is 0 Å². The highest BCUT2D eigenvalue weighted by Crippen LogP contribution is 1.87. The topological polar surface area (TPSA) is 18.5 Å². The average Bonchev–Trinajstić information content (AvgIpc) is 1.96. The van der Waals surface area contributed by atoms with Crippen LogP contribution in [0.1, 0.15) is 20.3 Å². The lowest BCUT2D eigenvalue weighted by Gasteiger charge is -2.06. The van der Waals surface area contributed by atoms with Crippen LogP contribution in [0.4, 0.5) is 0 Å². The molecule has 0 aromatic heterocycles. The lowest BCUT2D eigenvalue weighted by molar-refractivity contribution is 0.0211. The molecule has 0 aliphatic carbocycles. The molecule has 0 amide bonds. The summed E-state index contributed by atoms with van der Waals surface area (Å²) in [5, 5.41) is 0. The Morgan fingerprint density at radius 2 is 2.00 bits per heavy atom. The standard InChI is InChI=1S/C9H15O2/c1-4-5-6-10-7-8-11-9(2)3/h9H,5-8H2,2-3H3. The third-order valence-electron chi connectivity index (χ3n) is 1.05. The zero-order chi connectivity index (χ0) is 8.53. The molecule has 0 fully saturated rings. The Hall–Kier alpha value is -0.520. The summed E-state index contributed by atoms with van der Waals surface area (Å²) in [5.41, 5.74) is 0. The van der Waals surface area contributed by atoms with Gasteiger partial charge in [0, 0.05) is 6.42 Å². The van der Waals surface area contributed by atoms with Gasteiger partial charge in [0.2, 0.25) is 0 Å². The molecule has 0 N–H and O–H groups in total. The van der Waals surface area contributed by atoms with Crippen LogP contribution in [-0.2, 0) is 9.47 Å². The molecular weight excluding hydrogens is 140 g/mol. The van der Waals surface area contributed by atoms with E-state index >= 15 is 0 Å². The second-order valence-electron chi connectivity index (χ2n) is 2.46. The van der Waals surface area contributed by atoms with Gasteiger partial charge in [0.15, 0.2) is 0 Å². The van der Waals surface area contributed by atoms with Crippen molar-refractivity contribution in [1.29, 1.82) is 0 Å². The first-order valence-corrected chi connectivity index (χ1v) is 3.86. The van der Waals surface area contributed by atoms with Crippen LogP contribution in [0.15, 0.2) is 0 Å². The smallest absolute Gasteiger partial charge is 0.0703 e. The molecule has 0 rings (SSSR count). The molecule has 0 saturated heterocycles. The summed E-state index contributed by atoms with van der Waals surface area (Å²) >= 11 is 0. The van der Waals surface area contributed by atoms with E-state index in [9.17, 15) is 0 Å². The molecule has 2 nitrogen and oxygen atoms in total. The highest BCUT2D eigenvalue weighted by molar-refractivity contribution is 4.73. The van der Waals surface area contributed by atoms with E-state index in [0.29, 0.717) is 26.2 Å². The van der Waals surface area contributed by atoms with Crippen molar-refractivity contribution in [3.8, 4) is 5.92 Å². The van der Waals surface area contributed by atoms with Crippen molar-refractivity contribution < 1.29 is 9.47 Å². The summed E-state index contributed by atoms with van der Waals surface area (Å²) in [4.78, 5) is 0. The lowest BCUT2D eigenvalue weighted by atomic mass is 10.5. The van der Waals surface area contributed by atoms with Crippen molar-refractivity contribution in [1.82, 2.24) is 0 Å². The Balaban J connectivity index is 2.86. The zero-order valence-electron chi connectivity index (χ0n) is 7.22. The van der Waals surface area contributed by atoms with Crippen molar-refractivity contribution in [3.63, 3.8) is 0 Å². The van der Waals surface area contributed by atoms with Crippen molar-refractivity contribution in [2.24, 2.45) is 0 Å². The van der Waals surface area contributed by atoms with Gasteiger partial charge in [-0.05, 0) is 20.3 Å². The van der Waals surface area contributed by atoms with Crippen LogP contribution >= 0.6 is 0 Å². The maximum Gasteiger partial charge on any atom is 0.0703 e. The maximum atomic E-state index is 6.59. The second kappa shape index (κ2) is 7.59. The number of rotatable bonds is 6. The molecule has 0 aromatic carbocycles. The Kier molecular flexibility index (Phi) is 7.23. The summed E-state index contributed by atoms with van der Waals surface area (Å²) in [6, 6.07) is 0. The molecule has 0 saturated carbocycles. The number of hydrogen-bond donors (Lipinski definition) is 0. The van der Waals surface area contributed by atoms with Gasteiger partial charge in [0.1, 0.15) is 0 Å². The number of ether oxygens (including phenoxy) is 2. The van der Waals surface area contributed by atoms with Crippen LogP contribution < -0.4 is 0 Å². The SMILES string of the molecule is [C]#CCCOCCOC(C)C. The third kappa shape index (κ3) is 9.48. The number of hydrogen-bond acceptors (Lipinski definition) is 2. The summed E-state index contributed by atoms with van der Waals surface area (Å²) in [7, 11) is 0. The molecule has 0 aromatic rings. The van der Waals surface area contributed by atoms with Gasteiger partial charge < -0.3 is 9.47 Å². The predicted molar refractivity (Wildman–Crippen MR) is 43.7 cm³/mol. The molecule has 63 valence electrons. The third-order valence-corrected chi connectivity index (χ3v) is 1.05. The molecule has 2 heteroatoms. The van der Waals surface area contributed by atoms with E-state index in [2.05, 4.69) is 5.92 Å². The molecule has 0 aliphatic heterocycles. The molecule has 1 radical (unpaired) electrons. The van der Waals surface area contributed by atoms with Gasteiger partial charge >= 0.3 is 0 Å². The minimum atomic E-state index is 0.271. The molecular formula is C9H15O2. The quantitative estimate of drug-likeness (QED) is 0.426. The van der Waals surface area contributed by atoms with Crippen molar-refractivity contribution in [2.45, 2.75) is 26.4 Å². The van der Waals surface area contributed by atoms with Gasteiger partial charge in [0.05, 0.1) is 25.9 Å². The van der Waals surface area contributed by atoms with E-state index in [1.807, 2.05) is 13.8 Å². The molecule has 0 bridgehead atoms. The van der Waals surface area contributed by atoms with Gasteiger partial charge in [-0.25, -0.2) is 0 Å². The van der Waals surface area contributed by atoms with E-state index in [4.69, 9.17) is 15.9 Å². The molecule has 0 heterocycles. The largest absolute Gasteiger partial charge is 0.378 e. The van der Waals surface area contributed by atoms with E-state index < -0.39 is 0 Å². The molecule has 0 aliphatic rings. The van der Waals surface area contributed by atoms with E-state index in [0.717, 1.165) is 0 Å². The fourth-order valence-corrected chi connectivity index (χ4v) is 0.568. The first kappa shape index (κ1) is 10.5. The summed E-state index contributed by atoms with van der Waals surface area (Å²) in [6.07, 6.45) is 7.43. The van der Waals surface area contributed by atoms with Crippen molar-refractivity contribution in [2.75, 3.05) is 19.8 Å². The maximum absolute atomic E-state index is 6.59. The van der Waals surface area contributed by atoms with Crippen LogP contribution in [0.2, 0.25) is 0 Å². The molecule has 0 spiro atoms. The molecule has 11 heavy (non-hydrogen) atoms. The summed E-state index contributed by atoms with van der Waals surface area (Å²) in [6.45, 7) is 5.80. The Labute approximate surface area is 68.9 Å². The second-order valence-corrected chi connectivity index (χ2v) is 2.46. The van der Waals surface area contributed by atoms with Gasteiger partial charge in [0.25, 0.3) is 0 Å². The minimum Gasteiger partial charge on any atom is -0.378 e. The molecule has 0 unspecified atom stereocenters. The Bertz CT molecular complexity index is 113. The fourth-order valence-electron chi connectivity index (χ4n) is 0.568. The summed E-state index contributed by atoms with van der Waals surface area (Å²) in [5.74, 6) is 2.25.